The van der Waals surface area contributed by atoms with Crippen LogP contribution in [0.4, 0.5) is 4.39 Å². The lowest BCUT2D eigenvalue weighted by Gasteiger charge is -1.96. The minimum absolute atomic E-state index is 0.0323. The summed E-state index contributed by atoms with van der Waals surface area (Å²) in [6.45, 7) is 0. The molecule has 2 rings (SSSR count). The minimum atomic E-state index is -0.564. The highest BCUT2D eigenvalue weighted by molar-refractivity contribution is 5.76. The first-order chi connectivity index (χ1) is 8.31. The Balaban J connectivity index is 2.38. The molecule has 0 spiro atoms. The molecule has 0 aromatic heterocycles. The molecule has 0 atom stereocenters. The second-order valence-corrected chi connectivity index (χ2v) is 3.44. The van der Waals surface area contributed by atoms with E-state index in [2.05, 4.69) is 11.8 Å². The van der Waals surface area contributed by atoms with Gasteiger partial charge in [0.05, 0.1) is 11.1 Å². The molecule has 0 fully saturated rings. The lowest BCUT2D eigenvalue weighted by molar-refractivity contribution is 0.112. The summed E-state index contributed by atoms with van der Waals surface area (Å²) in [6.07, 6.45) is 0.489. The second-order valence-electron chi connectivity index (χ2n) is 3.44. The highest BCUT2D eigenvalue weighted by Gasteiger charge is 2.04. The summed E-state index contributed by atoms with van der Waals surface area (Å²) < 4.78 is 13.6. The fourth-order valence-electron chi connectivity index (χ4n) is 1.40. The fraction of sp³-hybridized carbons (Fsp3) is 0. The van der Waals surface area contributed by atoms with E-state index in [1.165, 1.54) is 6.07 Å². The molecule has 1 nitrogen and oxygen atoms in total. The smallest absolute Gasteiger partial charge is 0.153 e. The van der Waals surface area contributed by atoms with Crippen LogP contribution in [0.3, 0.4) is 0 Å². The van der Waals surface area contributed by atoms with Gasteiger partial charge in [0.2, 0.25) is 0 Å². The lowest BCUT2D eigenvalue weighted by Crippen LogP contribution is -1.91. The summed E-state index contributed by atoms with van der Waals surface area (Å²) in [5.41, 5.74) is 1.08. The summed E-state index contributed by atoms with van der Waals surface area (Å²) in [5, 5.41) is 0. The standard InChI is InChI=1S/C15H9FO/c16-15-13(7-4-8-14(15)11-17)10-9-12-5-2-1-3-6-12/h1-8,11H. The molecule has 17 heavy (non-hydrogen) atoms. The minimum Gasteiger partial charge on any atom is -0.298 e. The van der Waals surface area contributed by atoms with Crippen LogP contribution in [0.5, 0.6) is 0 Å². The van der Waals surface area contributed by atoms with Crippen LogP contribution in [0.1, 0.15) is 21.5 Å². The Morgan fingerprint density at radius 1 is 0.941 bits per heavy atom. The predicted molar refractivity (Wildman–Crippen MR) is 64.2 cm³/mol. The molecule has 0 unspecified atom stereocenters. The molecule has 0 aliphatic rings. The van der Waals surface area contributed by atoms with Crippen LogP contribution in [-0.4, -0.2) is 6.29 Å². The number of halogens is 1. The van der Waals surface area contributed by atoms with E-state index in [0.29, 0.717) is 6.29 Å². The normalized spacial score (nSPS) is 9.24. The Bertz CT molecular complexity index is 591. The van der Waals surface area contributed by atoms with E-state index in [9.17, 15) is 9.18 Å². The molecule has 2 aromatic rings. The SMILES string of the molecule is O=Cc1cccc(C#Cc2ccccc2)c1F. The molecule has 0 aliphatic carbocycles. The maximum absolute atomic E-state index is 13.6. The second kappa shape index (κ2) is 5.09. The first-order valence-electron chi connectivity index (χ1n) is 5.12. The zero-order valence-electron chi connectivity index (χ0n) is 8.98. The molecule has 82 valence electrons. The third kappa shape index (κ3) is 2.59. The summed E-state index contributed by atoms with van der Waals surface area (Å²) in [6, 6.07) is 13.9. The Morgan fingerprint density at radius 3 is 2.41 bits per heavy atom. The van der Waals surface area contributed by atoms with Gasteiger partial charge in [-0.3, -0.25) is 4.79 Å². The van der Waals surface area contributed by atoms with Crippen molar-refractivity contribution in [3.8, 4) is 11.8 Å². The van der Waals surface area contributed by atoms with Gasteiger partial charge in [0, 0.05) is 5.56 Å². The van der Waals surface area contributed by atoms with Crippen LogP contribution in [-0.2, 0) is 0 Å². The van der Waals surface area contributed by atoms with Gasteiger partial charge < -0.3 is 0 Å². The first kappa shape index (κ1) is 11.1. The van der Waals surface area contributed by atoms with Gasteiger partial charge in [0.15, 0.2) is 6.29 Å². The fourth-order valence-corrected chi connectivity index (χ4v) is 1.40. The molecule has 0 radical (unpaired) electrons. The van der Waals surface area contributed by atoms with Gasteiger partial charge >= 0.3 is 0 Å². The monoisotopic (exact) mass is 224 g/mol. The van der Waals surface area contributed by atoms with Crippen molar-refractivity contribution in [1.29, 1.82) is 0 Å². The van der Waals surface area contributed by atoms with Crippen LogP contribution < -0.4 is 0 Å². The van der Waals surface area contributed by atoms with E-state index in [4.69, 9.17) is 0 Å². The van der Waals surface area contributed by atoms with Crippen LogP contribution in [0.25, 0.3) is 0 Å². The number of carbonyl (C=O) groups excluding carboxylic acids is 1. The maximum Gasteiger partial charge on any atom is 0.153 e. The predicted octanol–water partition coefficient (Wildman–Crippen LogP) is 3.04. The number of hydrogen-bond donors (Lipinski definition) is 0. The average Bonchev–Trinajstić information content (AvgIpc) is 2.39. The van der Waals surface area contributed by atoms with Gasteiger partial charge in [-0.2, -0.15) is 0 Å². The van der Waals surface area contributed by atoms with Crippen molar-refractivity contribution >= 4 is 6.29 Å². The third-order valence-corrected chi connectivity index (χ3v) is 2.27. The molecule has 0 amide bonds. The molecule has 0 bridgehead atoms. The summed E-state index contributed by atoms with van der Waals surface area (Å²) in [5.74, 6) is 5.00. The van der Waals surface area contributed by atoms with Gasteiger partial charge in [-0.1, -0.05) is 36.1 Å². The molecule has 2 heteroatoms. The number of aldehydes is 1. The number of hydrogen-bond acceptors (Lipinski definition) is 1. The molecule has 0 heterocycles. The molecule has 0 aliphatic heterocycles. The van der Waals surface area contributed by atoms with Crippen LogP contribution in [0.2, 0.25) is 0 Å². The summed E-state index contributed by atoms with van der Waals surface area (Å²) >= 11 is 0. The topological polar surface area (TPSA) is 17.1 Å². The van der Waals surface area contributed by atoms with E-state index in [-0.39, 0.29) is 11.1 Å². The highest BCUT2D eigenvalue weighted by atomic mass is 19.1. The van der Waals surface area contributed by atoms with Crippen LogP contribution in [0, 0.1) is 17.7 Å². The average molecular weight is 224 g/mol. The first-order valence-corrected chi connectivity index (χ1v) is 5.12. The quantitative estimate of drug-likeness (QED) is 0.537. The van der Waals surface area contributed by atoms with E-state index in [1.807, 2.05) is 30.3 Å². The van der Waals surface area contributed by atoms with Gasteiger partial charge in [-0.05, 0) is 24.3 Å². The Hall–Kier alpha value is -2.40. The van der Waals surface area contributed by atoms with Crippen molar-refractivity contribution < 1.29 is 9.18 Å². The van der Waals surface area contributed by atoms with Crippen LogP contribution >= 0.6 is 0 Å². The zero-order chi connectivity index (χ0) is 12.1. The molecular weight excluding hydrogens is 215 g/mol. The summed E-state index contributed by atoms with van der Waals surface area (Å²) in [4.78, 5) is 10.6. The van der Waals surface area contributed by atoms with Crippen molar-refractivity contribution in [2.75, 3.05) is 0 Å². The Labute approximate surface area is 98.9 Å². The maximum atomic E-state index is 13.6. The molecular formula is C15H9FO. The number of rotatable bonds is 1. The Morgan fingerprint density at radius 2 is 1.71 bits per heavy atom. The number of benzene rings is 2. The number of carbonyl (C=O) groups is 1. The zero-order valence-corrected chi connectivity index (χ0v) is 8.98. The molecule has 0 saturated heterocycles. The van der Waals surface area contributed by atoms with Crippen molar-refractivity contribution in [2.24, 2.45) is 0 Å². The van der Waals surface area contributed by atoms with E-state index in [0.717, 1.165) is 5.56 Å². The van der Waals surface area contributed by atoms with E-state index in [1.54, 1.807) is 12.1 Å². The van der Waals surface area contributed by atoms with Gasteiger partial charge in [0.25, 0.3) is 0 Å². The van der Waals surface area contributed by atoms with Crippen molar-refractivity contribution in [3.63, 3.8) is 0 Å². The van der Waals surface area contributed by atoms with Crippen molar-refractivity contribution in [2.45, 2.75) is 0 Å². The van der Waals surface area contributed by atoms with Crippen molar-refractivity contribution in [3.05, 3.63) is 71.0 Å². The summed E-state index contributed by atoms with van der Waals surface area (Å²) in [7, 11) is 0. The molecule has 0 N–H and O–H groups in total. The van der Waals surface area contributed by atoms with Crippen molar-refractivity contribution in [1.82, 2.24) is 0 Å². The lowest BCUT2D eigenvalue weighted by atomic mass is 10.1. The van der Waals surface area contributed by atoms with Gasteiger partial charge in [0.1, 0.15) is 5.82 Å². The van der Waals surface area contributed by atoms with E-state index < -0.39 is 5.82 Å². The van der Waals surface area contributed by atoms with Gasteiger partial charge in [-0.15, -0.1) is 0 Å². The van der Waals surface area contributed by atoms with Crippen LogP contribution in [0.15, 0.2) is 48.5 Å². The third-order valence-electron chi connectivity index (χ3n) is 2.27. The Kier molecular flexibility index (Phi) is 3.32. The highest BCUT2D eigenvalue weighted by Crippen LogP contribution is 2.10. The largest absolute Gasteiger partial charge is 0.298 e. The van der Waals surface area contributed by atoms with Gasteiger partial charge in [-0.25, -0.2) is 4.39 Å². The molecule has 2 aromatic carbocycles. The van der Waals surface area contributed by atoms with E-state index >= 15 is 0 Å². The molecule has 0 saturated carbocycles.